The molecule has 5 aliphatic rings. The molecule has 10 aromatic carbocycles. The van der Waals surface area contributed by atoms with E-state index >= 15 is 0 Å². The van der Waals surface area contributed by atoms with Crippen LogP contribution >= 0.6 is 0 Å². The second-order valence-corrected chi connectivity index (χ2v) is 21.7. The highest BCUT2D eigenvalue weighted by molar-refractivity contribution is 6.13. The minimum Gasteiger partial charge on any atom is -0.456 e. The summed E-state index contributed by atoms with van der Waals surface area (Å²) in [7, 11) is 0. The monoisotopic (exact) mass is 935 g/mol. The Morgan fingerprint density at radius 2 is 0.932 bits per heavy atom. The molecule has 2 spiro atoms. The molecule has 1 aromatic heterocycles. The van der Waals surface area contributed by atoms with Gasteiger partial charge >= 0.3 is 0 Å². The Morgan fingerprint density at radius 3 is 1.66 bits per heavy atom. The molecule has 3 atom stereocenters. The maximum absolute atomic E-state index is 6.39. The lowest BCUT2D eigenvalue weighted by molar-refractivity contribution is 0.117. The van der Waals surface area contributed by atoms with E-state index in [-0.39, 0.29) is 5.41 Å². The van der Waals surface area contributed by atoms with E-state index in [9.17, 15) is 0 Å². The van der Waals surface area contributed by atoms with Crippen LogP contribution in [0.25, 0.3) is 66.4 Å². The molecule has 0 aliphatic heterocycles. The first-order valence-corrected chi connectivity index (χ1v) is 26.7. The number of hydrogen-bond acceptors (Lipinski definition) is 2. The van der Waals surface area contributed by atoms with Gasteiger partial charge in [-0.25, -0.2) is 0 Å². The molecular weight excluding hydrogens is 883 g/mol. The van der Waals surface area contributed by atoms with Crippen LogP contribution in [0.1, 0.15) is 71.4 Å². The first-order chi connectivity index (χ1) is 36.2. The average molecular weight is 936 g/mol. The summed E-state index contributed by atoms with van der Waals surface area (Å²) in [5, 5.41) is 2.30. The van der Waals surface area contributed by atoms with Crippen LogP contribution < -0.4 is 4.90 Å². The quantitative estimate of drug-likeness (QED) is 0.165. The van der Waals surface area contributed by atoms with Gasteiger partial charge in [-0.1, -0.05) is 194 Å². The lowest BCUT2D eigenvalue weighted by atomic mass is 9.54. The van der Waals surface area contributed by atoms with Crippen LogP contribution in [0.5, 0.6) is 0 Å². The maximum Gasteiger partial charge on any atom is 0.136 e. The zero-order chi connectivity index (χ0) is 47.8. The minimum absolute atomic E-state index is 0.0555. The number of nitrogens with zero attached hydrogens (tertiary/aromatic N) is 1. The van der Waals surface area contributed by atoms with Crippen molar-refractivity contribution in [3.63, 3.8) is 0 Å². The molecule has 2 bridgehead atoms. The fourth-order valence-electron chi connectivity index (χ4n) is 16.2. The standard InChI is InChI=1S/C71H53NO/c1-2-16-45(17-3-1)46-32-36-51(37-33-46)72(52-38-34-47(35-39-52)54-20-4-5-21-55(54)58-26-15-31-67-68(58)60-25-9-13-30-66(60)73-67)53-40-41-64-65(44-53)70-49-18-14-19-50(70)43-48(42-49)69(70)59-24-8-12-29-63(59)71(64)61-27-10-6-22-56(61)57-23-7-11-28-62(57)71/h1-13,15-17,20-41,44,48-50,69H,14,18-19,42-43H2/t48?,49-,50-,69?,70?/m0/s1. The molecule has 3 saturated carbocycles. The number of furan rings is 1. The van der Waals surface area contributed by atoms with Gasteiger partial charge in [0, 0.05) is 33.2 Å². The van der Waals surface area contributed by atoms with E-state index in [2.05, 4.69) is 241 Å². The van der Waals surface area contributed by atoms with E-state index < -0.39 is 5.41 Å². The van der Waals surface area contributed by atoms with Crippen LogP contribution in [0.4, 0.5) is 17.1 Å². The third kappa shape index (κ3) is 5.64. The largest absolute Gasteiger partial charge is 0.456 e. The van der Waals surface area contributed by atoms with Gasteiger partial charge in [0.25, 0.3) is 0 Å². The van der Waals surface area contributed by atoms with Crippen LogP contribution in [-0.2, 0) is 10.8 Å². The van der Waals surface area contributed by atoms with Crippen molar-refractivity contribution in [2.75, 3.05) is 4.90 Å². The van der Waals surface area contributed by atoms with Crippen molar-refractivity contribution in [2.24, 2.45) is 17.8 Å². The molecule has 2 heteroatoms. The summed E-state index contributed by atoms with van der Waals surface area (Å²) in [6.07, 6.45) is 6.63. The number of hydrogen-bond donors (Lipinski definition) is 0. The Labute approximate surface area is 427 Å². The molecule has 1 unspecified atom stereocenters. The molecule has 3 fully saturated rings. The van der Waals surface area contributed by atoms with Gasteiger partial charge in [0.05, 0.1) is 5.41 Å². The third-order valence-electron chi connectivity index (χ3n) is 18.7. The van der Waals surface area contributed by atoms with Gasteiger partial charge in [-0.15, -0.1) is 0 Å². The van der Waals surface area contributed by atoms with Gasteiger partial charge in [-0.05, 0) is 176 Å². The fourth-order valence-corrected chi connectivity index (χ4v) is 16.2. The predicted molar refractivity (Wildman–Crippen MR) is 300 cm³/mol. The molecule has 16 rings (SSSR count). The summed E-state index contributed by atoms with van der Waals surface area (Å²) in [6, 6.07) is 89.5. The highest BCUT2D eigenvalue weighted by Crippen LogP contribution is 2.76. The number of benzene rings is 10. The lowest BCUT2D eigenvalue weighted by Crippen LogP contribution is -2.44. The average Bonchev–Trinajstić information content (AvgIpc) is 4.18. The first-order valence-electron chi connectivity index (χ1n) is 26.7. The maximum atomic E-state index is 6.39. The zero-order valence-electron chi connectivity index (χ0n) is 40.7. The van der Waals surface area contributed by atoms with E-state index in [1.54, 1.807) is 11.1 Å². The Balaban J connectivity index is 0.915. The van der Waals surface area contributed by atoms with Gasteiger partial charge in [0.15, 0.2) is 0 Å². The topological polar surface area (TPSA) is 16.4 Å². The van der Waals surface area contributed by atoms with E-state index in [1.165, 1.54) is 105 Å². The van der Waals surface area contributed by atoms with Crippen molar-refractivity contribution < 1.29 is 4.42 Å². The van der Waals surface area contributed by atoms with Crippen molar-refractivity contribution in [1.82, 2.24) is 0 Å². The second kappa shape index (κ2) is 15.6. The van der Waals surface area contributed by atoms with Crippen molar-refractivity contribution in [1.29, 1.82) is 0 Å². The minimum atomic E-state index is -0.435. The summed E-state index contributed by atoms with van der Waals surface area (Å²) < 4.78 is 6.39. The Bertz CT molecular complexity index is 3930. The van der Waals surface area contributed by atoms with E-state index in [0.29, 0.717) is 23.7 Å². The Kier molecular flexibility index (Phi) is 8.88. The van der Waals surface area contributed by atoms with Gasteiger partial charge in [0.2, 0.25) is 0 Å². The van der Waals surface area contributed by atoms with Gasteiger partial charge in [-0.3, -0.25) is 0 Å². The second-order valence-electron chi connectivity index (χ2n) is 21.7. The number of anilines is 3. The van der Waals surface area contributed by atoms with E-state index in [4.69, 9.17) is 4.42 Å². The first kappa shape index (κ1) is 41.4. The molecule has 0 N–H and O–H groups in total. The highest BCUT2D eigenvalue weighted by atomic mass is 16.3. The summed E-state index contributed by atoms with van der Waals surface area (Å²) in [5.74, 6) is 2.48. The van der Waals surface area contributed by atoms with Crippen LogP contribution in [-0.4, -0.2) is 0 Å². The van der Waals surface area contributed by atoms with E-state index in [1.807, 2.05) is 0 Å². The van der Waals surface area contributed by atoms with Crippen LogP contribution in [0.3, 0.4) is 0 Å². The highest BCUT2D eigenvalue weighted by Gasteiger charge is 2.69. The van der Waals surface area contributed by atoms with Crippen molar-refractivity contribution >= 4 is 39.0 Å². The summed E-state index contributed by atoms with van der Waals surface area (Å²) >= 11 is 0. The van der Waals surface area contributed by atoms with Crippen molar-refractivity contribution in [3.8, 4) is 44.5 Å². The van der Waals surface area contributed by atoms with Crippen molar-refractivity contribution in [2.45, 2.75) is 48.9 Å². The molecule has 2 nitrogen and oxygen atoms in total. The molecule has 1 heterocycles. The number of rotatable bonds is 6. The summed E-state index contributed by atoms with van der Waals surface area (Å²) in [5.41, 5.74) is 24.0. The molecule has 348 valence electrons. The molecule has 0 saturated heterocycles. The van der Waals surface area contributed by atoms with Crippen LogP contribution in [0, 0.1) is 17.8 Å². The molecular formula is C71H53NO. The Hall–Kier alpha value is -8.20. The zero-order valence-corrected chi connectivity index (χ0v) is 40.7. The van der Waals surface area contributed by atoms with Crippen LogP contribution in [0.15, 0.2) is 241 Å². The molecule has 73 heavy (non-hydrogen) atoms. The smallest absolute Gasteiger partial charge is 0.136 e. The molecule has 0 amide bonds. The molecule has 11 aromatic rings. The van der Waals surface area contributed by atoms with Crippen LogP contribution in [0.2, 0.25) is 0 Å². The van der Waals surface area contributed by atoms with Crippen molar-refractivity contribution in [3.05, 3.63) is 270 Å². The SMILES string of the molecule is c1ccc(-c2ccc(N(c3ccc(-c4ccccc4-c4cccc5oc6ccccc6c45)cc3)c3ccc4c(c3)C35C(c6ccccc6C46c4ccccc4-c4ccccc46)C4C[C@@H]3CCC[C@H]5C4)cc2)cc1. The molecule has 0 radical (unpaired) electrons. The van der Waals surface area contributed by atoms with Gasteiger partial charge < -0.3 is 9.32 Å². The lowest BCUT2D eigenvalue weighted by Gasteiger charge is -2.49. The van der Waals surface area contributed by atoms with Gasteiger partial charge in [-0.2, -0.15) is 0 Å². The fraction of sp³-hybridized carbons (Fsp3) is 0.155. The Morgan fingerprint density at radius 1 is 0.384 bits per heavy atom. The normalized spacial score (nSPS) is 21.3. The molecule has 5 aliphatic carbocycles. The number of para-hydroxylation sites is 1. The summed E-state index contributed by atoms with van der Waals surface area (Å²) in [6.45, 7) is 0. The summed E-state index contributed by atoms with van der Waals surface area (Å²) in [4.78, 5) is 2.55. The number of fused-ring (bicyclic) bond motifs is 12. The third-order valence-corrected chi connectivity index (χ3v) is 18.7. The van der Waals surface area contributed by atoms with E-state index in [0.717, 1.165) is 33.3 Å². The predicted octanol–water partition coefficient (Wildman–Crippen LogP) is 18.6. The van der Waals surface area contributed by atoms with Gasteiger partial charge in [0.1, 0.15) is 11.2 Å².